The van der Waals surface area contributed by atoms with Crippen LogP contribution in [0.3, 0.4) is 0 Å². The highest BCUT2D eigenvalue weighted by Crippen LogP contribution is 2.29. The van der Waals surface area contributed by atoms with Gasteiger partial charge in [-0.2, -0.15) is 0 Å². The molecule has 1 atom stereocenters. The molecule has 2 aromatic rings. The van der Waals surface area contributed by atoms with Gasteiger partial charge in [-0.05, 0) is 79.5 Å². The van der Waals surface area contributed by atoms with Crippen LogP contribution in [0.1, 0.15) is 36.8 Å². The van der Waals surface area contributed by atoms with Crippen LogP contribution in [0, 0.1) is 12.8 Å². The number of halogens is 1. The van der Waals surface area contributed by atoms with E-state index in [1.54, 1.807) is 0 Å². The summed E-state index contributed by atoms with van der Waals surface area (Å²) in [6.45, 7) is 4.67. The highest BCUT2D eigenvalue weighted by atomic mass is 35.5. The van der Waals surface area contributed by atoms with Gasteiger partial charge in [-0.1, -0.05) is 41.9 Å². The molecule has 1 saturated carbocycles. The Morgan fingerprint density at radius 1 is 1.15 bits per heavy atom. The van der Waals surface area contributed by atoms with Crippen molar-refractivity contribution in [3.8, 4) is 11.1 Å². The largest absolute Gasteiger partial charge is 0.354 e. The van der Waals surface area contributed by atoms with Gasteiger partial charge in [0, 0.05) is 18.1 Å². The van der Waals surface area contributed by atoms with Gasteiger partial charge in [0.2, 0.25) is 5.91 Å². The first-order valence-electron chi connectivity index (χ1n) is 9.97. The quantitative estimate of drug-likeness (QED) is 0.777. The van der Waals surface area contributed by atoms with Gasteiger partial charge in [-0.15, -0.1) is 0 Å². The Hall–Kier alpha value is -1.84. The summed E-state index contributed by atoms with van der Waals surface area (Å²) >= 11 is 6.30. The number of likely N-dealkylation sites (tertiary alicyclic amines) is 1. The molecule has 1 unspecified atom stereocenters. The van der Waals surface area contributed by atoms with Crippen LogP contribution in [0.25, 0.3) is 11.1 Å². The summed E-state index contributed by atoms with van der Waals surface area (Å²) in [5, 5.41) is 3.95. The predicted octanol–water partition coefficient (Wildman–Crippen LogP) is 4.81. The maximum Gasteiger partial charge on any atom is 0.237 e. The molecule has 1 amide bonds. The molecule has 2 aromatic carbocycles. The number of nitrogens with zero attached hydrogens (tertiary/aromatic N) is 1. The first-order chi connectivity index (χ1) is 13.1. The molecule has 0 radical (unpaired) electrons. The Kier molecular flexibility index (Phi) is 5.51. The van der Waals surface area contributed by atoms with Crippen molar-refractivity contribution in [3.63, 3.8) is 0 Å². The van der Waals surface area contributed by atoms with E-state index in [1.165, 1.54) is 24.0 Å². The number of rotatable bonds is 6. The number of hydrogen-bond acceptors (Lipinski definition) is 2. The second kappa shape index (κ2) is 8.04. The van der Waals surface area contributed by atoms with Crippen LogP contribution in [-0.2, 0) is 11.3 Å². The molecule has 4 heteroatoms. The van der Waals surface area contributed by atoms with E-state index < -0.39 is 0 Å². The minimum atomic E-state index is 0.0150. The van der Waals surface area contributed by atoms with E-state index in [1.807, 2.05) is 13.0 Å². The van der Waals surface area contributed by atoms with E-state index in [-0.39, 0.29) is 11.9 Å². The highest BCUT2D eigenvalue weighted by molar-refractivity contribution is 6.31. The van der Waals surface area contributed by atoms with E-state index in [4.69, 9.17) is 11.6 Å². The molecule has 4 rings (SSSR count). The van der Waals surface area contributed by atoms with Gasteiger partial charge in [0.05, 0.1) is 6.04 Å². The Balaban J connectivity index is 1.45. The van der Waals surface area contributed by atoms with Crippen molar-refractivity contribution in [1.29, 1.82) is 0 Å². The van der Waals surface area contributed by atoms with Crippen molar-refractivity contribution in [3.05, 3.63) is 58.6 Å². The van der Waals surface area contributed by atoms with Gasteiger partial charge in [-0.3, -0.25) is 9.69 Å². The normalized spacial score (nSPS) is 20.0. The Labute approximate surface area is 166 Å². The van der Waals surface area contributed by atoms with Crippen LogP contribution in [0.5, 0.6) is 0 Å². The molecule has 1 N–H and O–H groups in total. The maximum absolute atomic E-state index is 12.6. The van der Waals surface area contributed by atoms with Crippen molar-refractivity contribution < 1.29 is 4.79 Å². The number of amides is 1. The summed E-state index contributed by atoms with van der Waals surface area (Å²) in [7, 11) is 0. The third kappa shape index (κ3) is 4.53. The van der Waals surface area contributed by atoms with E-state index >= 15 is 0 Å². The minimum Gasteiger partial charge on any atom is -0.354 e. The van der Waals surface area contributed by atoms with Crippen molar-refractivity contribution in [2.24, 2.45) is 5.92 Å². The topological polar surface area (TPSA) is 32.3 Å². The van der Waals surface area contributed by atoms with Crippen molar-refractivity contribution in [2.75, 3.05) is 13.1 Å². The fraction of sp³-hybridized carbons (Fsp3) is 0.435. The van der Waals surface area contributed by atoms with Gasteiger partial charge in [0.1, 0.15) is 0 Å². The van der Waals surface area contributed by atoms with E-state index in [2.05, 4.69) is 46.6 Å². The van der Waals surface area contributed by atoms with E-state index in [0.717, 1.165) is 54.5 Å². The Morgan fingerprint density at radius 3 is 2.74 bits per heavy atom. The molecular weight excluding hydrogens is 356 g/mol. The van der Waals surface area contributed by atoms with Gasteiger partial charge < -0.3 is 5.32 Å². The summed E-state index contributed by atoms with van der Waals surface area (Å²) in [6, 6.07) is 14.8. The average molecular weight is 383 g/mol. The van der Waals surface area contributed by atoms with Crippen LogP contribution in [0.15, 0.2) is 42.5 Å². The number of carbonyl (C=O) groups is 1. The summed E-state index contributed by atoms with van der Waals surface area (Å²) < 4.78 is 0. The molecule has 2 fully saturated rings. The molecule has 27 heavy (non-hydrogen) atoms. The van der Waals surface area contributed by atoms with Gasteiger partial charge in [0.15, 0.2) is 0 Å². The molecule has 2 aliphatic rings. The van der Waals surface area contributed by atoms with E-state index in [9.17, 15) is 4.79 Å². The lowest BCUT2D eigenvalue weighted by Gasteiger charge is -2.24. The highest BCUT2D eigenvalue weighted by Gasteiger charge is 2.31. The standard InChI is InChI=1S/C23H27ClN2O/c1-16-7-10-20(13-21(16)24)19-5-2-4-18(12-19)15-26-11-3-6-22(26)23(27)25-14-17-8-9-17/h2,4-5,7,10,12-13,17,22H,3,6,8-9,11,14-15H2,1H3,(H,25,27). The summed E-state index contributed by atoms with van der Waals surface area (Å²) in [6.07, 6.45) is 4.59. The molecule has 0 aromatic heterocycles. The predicted molar refractivity (Wildman–Crippen MR) is 111 cm³/mol. The molecule has 0 bridgehead atoms. The summed E-state index contributed by atoms with van der Waals surface area (Å²) in [5.74, 6) is 0.933. The monoisotopic (exact) mass is 382 g/mol. The first kappa shape index (κ1) is 18.5. The molecule has 1 aliphatic heterocycles. The molecule has 1 saturated heterocycles. The van der Waals surface area contributed by atoms with Crippen LogP contribution in [-0.4, -0.2) is 29.9 Å². The lowest BCUT2D eigenvalue weighted by Crippen LogP contribution is -2.43. The van der Waals surface area contributed by atoms with E-state index in [0.29, 0.717) is 0 Å². The van der Waals surface area contributed by atoms with Crippen LogP contribution < -0.4 is 5.32 Å². The smallest absolute Gasteiger partial charge is 0.237 e. The third-order valence-corrected chi connectivity index (χ3v) is 6.15. The lowest BCUT2D eigenvalue weighted by molar-refractivity contribution is -0.125. The molecule has 142 valence electrons. The zero-order valence-electron chi connectivity index (χ0n) is 15.9. The molecule has 0 spiro atoms. The van der Waals surface area contributed by atoms with Gasteiger partial charge in [0.25, 0.3) is 0 Å². The van der Waals surface area contributed by atoms with Crippen LogP contribution in [0.4, 0.5) is 0 Å². The lowest BCUT2D eigenvalue weighted by atomic mass is 10.0. The van der Waals surface area contributed by atoms with Crippen molar-refractivity contribution in [1.82, 2.24) is 10.2 Å². The number of hydrogen-bond donors (Lipinski definition) is 1. The zero-order valence-corrected chi connectivity index (χ0v) is 16.6. The average Bonchev–Trinajstić information content (AvgIpc) is 3.39. The molecule has 1 aliphatic carbocycles. The van der Waals surface area contributed by atoms with Gasteiger partial charge in [-0.25, -0.2) is 0 Å². The number of nitrogens with one attached hydrogen (secondary N) is 1. The Morgan fingerprint density at radius 2 is 1.96 bits per heavy atom. The number of carbonyl (C=O) groups excluding carboxylic acids is 1. The summed E-state index contributed by atoms with van der Waals surface area (Å²) in [4.78, 5) is 14.9. The zero-order chi connectivity index (χ0) is 18.8. The second-order valence-corrected chi connectivity index (χ2v) is 8.39. The Bertz CT molecular complexity index is 831. The fourth-order valence-corrected chi connectivity index (χ4v) is 4.03. The maximum atomic E-state index is 12.6. The fourth-order valence-electron chi connectivity index (χ4n) is 3.85. The SMILES string of the molecule is Cc1ccc(-c2cccc(CN3CCCC3C(=O)NCC3CC3)c2)cc1Cl. The molecular formula is C23H27ClN2O. The molecule has 3 nitrogen and oxygen atoms in total. The minimum absolute atomic E-state index is 0.0150. The van der Waals surface area contributed by atoms with Crippen LogP contribution in [0.2, 0.25) is 5.02 Å². The molecule has 1 heterocycles. The van der Waals surface area contributed by atoms with Gasteiger partial charge >= 0.3 is 0 Å². The second-order valence-electron chi connectivity index (χ2n) is 7.98. The van der Waals surface area contributed by atoms with Crippen molar-refractivity contribution in [2.45, 2.75) is 45.2 Å². The third-order valence-electron chi connectivity index (χ3n) is 5.75. The number of benzene rings is 2. The van der Waals surface area contributed by atoms with Crippen LogP contribution >= 0.6 is 11.6 Å². The first-order valence-corrected chi connectivity index (χ1v) is 10.3. The summed E-state index contributed by atoms with van der Waals surface area (Å²) in [5.41, 5.74) is 4.63. The van der Waals surface area contributed by atoms with Crippen molar-refractivity contribution >= 4 is 17.5 Å². The number of aryl methyl sites for hydroxylation is 1.